The van der Waals surface area contributed by atoms with Crippen molar-refractivity contribution in [3.05, 3.63) is 29.8 Å². The molecule has 0 saturated carbocycles. The summed E-state index contributed by atoms with van der Waals surface area (Å²) in [4.78, 5) is 21.0. The van der Waals surface area contributed by atoms with Crippen LogP contribution in [-0.4, -0.2) is 28.7 Å². The number of carboxylic acid groups (broad SMARTS) is 1. The van der Waals surface area contributed by atoms with E-state index in [1.807, 2.05) is 0 Å². The zero-order valence-electron chi connectivity index (χ0n) is 7.93. The lowest BCUT2D eigenvalue weighted by molar-refractivity contribution is -0.147. The summed E-state index contributed by atoms with van der Waals surface area (Å²) in [7, 11) is 0. The van der Waals surface area contributed by atoms with Crippen LogP contribution in [0, 0.1) is 0 Å². The van der Waals surface area contributed by atoms with Gasteiger partial charge in [-0.25, -0.2) is 4.79 Å². The number of carbonyl (C=O) groups is 2. The Bertz CT molecular complexity index is 358. The molecule has 0 saturated heterocycles. The fourth-order valence-corrected chi connectivity index (χ4v) is 1.07. The molecule has 0 aliphatic heterocycles. The van der Waals surface area contributed by atoms with E-state index in [-0.39, 0.29) is 6.61 Å². The van der Waals surface area contributed by atoms with Crippen molar-refractivity contribution in [1.29, 1.82) is 0 Å². The molecule has 0 aromatic heterocycles. The highest BCUT2D eigenvalue weighted by Crippen LogP contribution is 2.09. The average molecular weight is 209 g/mol. The van der Waals surface area contributed by atoms with Crippen LogP contribution in [0.25, 0.3) is 0 Å². The number of carbonyl (C=O) groups excluding carboxylic acids is 1. The molecular weight excluding hydrogens is 198 g/mol. The number of anilines is 1. The quantitative estimate of drug-likeness (QED) is 0.622. The van der Waals surface area contributed by atoms with Gasteiger partial charge in [0.25, 0.3) is 0 Å². The molecule has 0 spiro atoms. The van der Waals surface area contributed by atoms with Gasteiger partial charge in [0.1, 0.15) is 0 Å². The second-order valence-corrected chi connectivity index (χ2v) is 2.93. The minimum atomic E-state index is -1.52. The summed E-state index contributed by atoms with van der Waals surface area (Å²) in [6, 6.07) is 6.61. The van der Waals surface area contributed by atoms with Crippen LogP contribution in [0.15, 0.2) is 24.3 Å². The van der Waals surface area contributed by atoms with Crippen LogP contribution < -0.4 is 5.32 Å². The summed E-state index contributed by atoms with van der Waals surface area (Å²) >= 11 is 0. The van der Waals surface area contributed by atoms with Crippen molar-refractivity contribution in [3.63, 3.8) is 0 Å². The molecule has 0 heterocycles. The lowest BCUT2D eigenvalue weighted by Crippen LogP contribution is -2.21. The first-order valence-electron chi connectivity index (χ1n) is 4.37. The van der Waals surface area contributed by atoms with Gasteiger partial charge in [-0.3, -0.25) is 4.79 Å². The Hall–Kier alpha value is -1.88. The Balaban J connectivity index is 2.64. The van der Waals surface area contributed by atoms with Crippen LogP contribution >= 0.6 is 0 Å². The van der Waals surface area contributed by atoms with E-state index < -0.39 is 11.9 Å². The predicted octanol–water partition coefficient (Wildman–Crippen LogP) is 0.244. The average Bonchev–Trinajstić information content (AvgIpc) is 2.21. The Morgan fingerprint density at radius 1 is 1.20 bits per heavy atom. The number of hydrogen-bond acceptors (Lipinski definition) is 3. The molecule has 5 nitrogen and oxygen atoms in total. The largest absolute Gasteiger partial charge is 0.474 e. The molecule has 1 rings (SSSR count). The summed E-state index contributed by atoms with van der Waals surface area (Å²) in [6.45, 7) is 0.0564. The van der Waals surface area contributed by atoms with Gasteiger partial charge < -0.3 is 15.5 Å². The molecule has 0 radical (unpaired) electrons. The highest BCUT2D eigenvalue weighted by Gasteiger charge is 2.10. The van der Waals surface area contributed by atoms with Crippen molar-refractivity contribution >= 4 is 17.6 Å². The van der Waals surface area contributed by atoms with Crippen molar-refractivity contribution in [2.24, 2.45) is 0 Å². The van der Waals surface area contributed by atoms with E-state index in [4.69, 9.17) is 10.2 Å². The molecule has 1 aromatic rings. The second kappa shape index (κ2) is 5.11. The summed E-state index contributed by atoms with van der Waals surface area (Å²) in [5.41, 5.74) is 1.34. The molecule has 5 heteroatoms. The summed E-state index contributed by atoms with van der Waals surface area (Å²) in [5, 5.41) is 19.2. The van der Waals surface area contributed by atoms with Gasteiger partial charge in [0.05, 0.1) is 0 Å². The topological polar surface area (TPSA) is 86.6 Å². The van der Waals surface area contributed by atoms with E-state index >= 15 is 0 Å². The van der Waals surface area contributed by atoms with Gasteiger partial charge in [-0.2, -0.15) is 0 Å². The summed E-state index contributed by atoms with van der Waals surface area (Å²) in [6.07, 6.45) is 0.535. The maximum atomic E-state index is 10.8. The maximum absolute atomic E-state index is 10.8. The molecular formula is C10H11NO4. The molecule has 1 aromatic carbocycles. The Kier molecular flexibility index (Phi) is 3.82. The van der Waals surface area contributed by atoms with Crippen LogP contribution in [-0.2, 0) is 16.0 Å². The van der Waals surface area contributed by atoms with Gasteiger partial charge in [0, 0.05) is 12.3 Å². The number of aliphatic hydroxyl groups excluding tert-OH is 1. The van der Waals surface area contributed by atoms with E-state index in [0.29, 0.717) is 12.1 Å². The van der Waals surface area contributed by atoms with Gasteiger partial charge in [0.2, 0.25) is 0 Å². The van der Waals surface area contributed by atoms with E-state index in [1.165, 1.54) is 0 Å². The van der Waals surface area contributed by atoms with E-state index in [1.54, 1.807) is 24.3 Å². The van der Waals surface area contributed by atoms with Crippen molar-refractivity contribution in [2.75, 3.05) is 11.9 Å². The SMILES string of the molecule is O=C(O)C(=O)Nc1ccc(CCO)cc1. The normalized spacial score (nSPS) is 9.67. The zero-order valence-corrected chi connectivity index (χ0v) is 7.93. The van der Waals surface area contributed by atoms with Gasteiger partial charge in [-0.1, -0.05) is 12.1 Å². The third kappa shape index (κ3) is 3.40. The first-order valence-corrected chi connectivity index (χ1v) is 4.37. The number of nitrogens with one attached hydrogen (secondary N) is 1. The Labute approximate surface area is 86.4 Å². The van der Waals surface area contributed by atoms with Crippen molar-refractivity contribution < 1.29 is 19.8 Å². The number of amides is 1. The number of aliphatic carboxylic acids is 1. The summed E-state index contributed by atoms with van der Waals surface area (Å²) < 4.78 is 0. The van der Waals surface area contributed by atoms with Crippen LogP contribution in [0.2, 0.25) is 0 Å². The molecule has 0 aliphatic carbocycles. The molecule has 80 valence electrons. The fourth-order valence-electron chi connectivity index (χ4n) is 1.07. The van der Waals surface area contributed by atoms with Crippen LogP contribution in [0.3, 0.4) is 0 Å². The monoisotopic (exact) mass is 209 g/mol. The van der Waals surface area contributed by atoms with Crippen LogP contribution in [0.1, 0.15) is 5.56 Å². The fraction of sp³-hybridized carbons (Fsp3) is 0.200. The first kappa shape index (κ1) is 11.2. The third-order valence-corrected chi connectivity index (χ3v) is 1.81. The van der Waals surface area contributed by atoms with Gasteiger partial charge in [-0.05, 0) is 24.1 Å². The first-order chi connectivity index (χ1) is 7.13. The smallest absolute Gasteiger partial charge is 0.394 e. The van der Waals surface area contributed by atoms with Crippen LogP contribution in [0.4, 0.5) is 5.69 Å². The van der Waals surface area contributed by atoms with Crippen LogP contribution in [0.5, 0.6) is 0 Å². The molecule has 0 bridgehead atoms. The number of carboxylic acids is 1. The van der Waals surface area contributed by atoms with Crippen molar-refractivity contribution in [3.8, 4) is 0 Å². The maximum Gasteiger partial charge on any atom is 0.394 e. The lowest BCUT2D eigenvalue weighted by atomic mass is 10.1. The molecule has 0 aliphatic rings. The van der Waals surface area contributed by atoms with E-state index in [9.17, 15) is 9.59 Å². The van der Waals surface area contributed by atoms with Gasteiger partial charge in [-0.15, -0.1) is 0 Å². The highest BCUT2D eigenvalue weighted by atomic mass is 16.4. The molecule has 1 amide bonds. The molecule has 15 heavy (non-hydrogen) atoms. The standard InChI is InChI=1S/C10H11NO4/c12-6-5-7-1-3-8(4-2-7)11-9(13)10(14)15/h1-4,12H,5-6H2,(H,11,13)(H,14,15). The highest BCUT2D eigenvalue weighted by molar-refractivity contribution is 6.36. The third-order valence-electron chi connectivity index (χ3n) is 1.81. The summed E-state index contributed by atoms with van der Waals surface area (Å²) in [5.74, 6) is -2.58. The molecule has 3 N–H and O–H groups in total. The second-order valence-electron chi connectivity index (χ2n) is 2.93. The van der Waals surface area contributed by atoms with Crippen molar-refractivity contribution in [2.45, 2.75) is 6.42 Å². The Morgan fingerprint density at radius 2 is 1.80 bits per heavy atom. The Morgan fingerprint density at radius 3 is 2.27 bits per heavy atom. The van der Waals surface area contributed by atoms with Crippen molar-refractivity contribution in [1.82, 2.24) is 0 Å². The minimum absolute atomic E-state index is 0.0564. The molecule has 0 fully saturated rings. The number of aliphatic hydroxyl groups is 1. The molecule has 0 atom stereocenters. The van der Waals surface area contributed by atoms with E-state index in [2.05, 4.69) is 5.32 Å². The zero-order chi connectivity index (χ0) is 11.3. The number of rotatable bonds is 3. The number of benzene rings is 1. The lowest BCUT2D eigenvalue weighted by Gasteiger charge is -2.03. The van der Waals surface area contributed by atoms with Gasteiger partial charge >= 0.3 is 11.9 Å². The number of hydrogen-bond donors (Lipinski definition) is 3. The minimum Gasteiger partial charge on any atom is -0.474 e. The molecule has 0 unspecified atom stereocenters. The van der Waals surface area contributed by atoms with Gasteiger partial charge in [0.15, 0.2) is 0 Å². The van der Waals surface area contributed by atoms with E-state index in [0.717, 1.165) is 5.56 Å². The predicted molar refractivity (Wildman–Crippen MR) is 53.5 cm³/mol.